The van der Waals surface area contributed by atoms with E-state index >= 15 is 0 Å². The fraction of sp³-hybridized carbons (Fsp3) is 0.857. The van der Waals surface area contributed by atoms with E-state index < -0.39 is 36.2 Å². The van der Waals surface area contributed by atoms with Crippen molar-refractivity contribution in [2.24, 2.45) is 4.99 Å². The second-order valence-corrected chi connectivity index (χ2v) is 3.40. The first kappa shape index (κ1) is 19.5. The highest BCUT2D eigenvalue weighted by Gasteiger charge is 2.88. The summed E-state index contributed by atoms with van der Waals surface area (Å²) in [6.45, 7) is 0. The van der Waals surface area contributed by atoms with Gasteiger partial charge in [-0.25, -0.2) is 9.18 Å². The lowest BCUT2D eigenvalue weighted by Crippen LogP contribution is -2.68. The van der Waals surface area contributed by atoms with Crippen LogP contribution in [0.15, 0.2) is 4.99 Å². The quantitative estimate of drug-likeness (QED) is 0.324. The number of alkyl halides is 12. The average Bonchev–Trinajstić information content (AvgIpc) is 2.26. The summed E-state index contributed by atoms with van der Waals surface area (Å²) in [6, 6.07) is 0. The number of rotatable bonds is 5. The number of hydrogen-bond donors (Lipinski definition) is 0. The molecule has 0 rings (SSSR count). The molecule has 0 N–H and O–H groups in total. The molecule has 0 heterocycles. The van der Waals surface area contributed by atoms with Crippen LogP contribution >= 0.6 is 0 Å². The molecule has 124 valence electrons. The van der Waals surface area contributed by atoms with Crippen LogP contribution in [0.5, 0.6) is 0 Å². The molecule has 0 saturated heterocycles. The molecule has 0 aliphatic heterocycles. The summed E-state index contributed by atoms with van der Waals surface area (Å²) >= 11 is 0. The summed E-state index contributed by atoms with van der Waals surface area (Å²) in [5, 5.41) is 0. The Balaban J connectivity index is 6.06. The first-order chi connectivity index (χ1) is 8.98. The molecule has 21 heavy (non-hydrogen) atoms. The average molecular weight is 343 g/mol. The van der Waals surface area contributed by atoms with E-state index in [9.17, 15) is 57.5 Å². The summed E-state index contributed by atoms with van der Waals surface area (Å²) in [5.74, 6) is -29.7. The van der Waals surface area contributed by atoms with Gasteiger partial charge >= 0.3 is 29.9 Å². The predicted octanol–water partition coefficient (Wildman–Crippen LogP) is 3.72. The first-order valence-corrected chi connectivity index (χ1v) is 4.27. The van der Waals surface area contributed by atoms with Gasteiger partial charge in [0.05, 0.1) is 0 Å². The largest absolute Gasteiger partial charge is 0.460 e. The summed E-state index contributed by atoms with van der Waals surface area (Å²) in [4.78, 5) is 10.6. The van der Waals surface area contributed by atoms with Gasteiger partial charge in [0.1, 0.15) is 0 Å². The van der Waals surface area contributed by atoms with Gasteiger partial charge in [-0.05, 0) is 0 Å². The third-order valence-corrected chi connectivity index (χ3v) is 2.03. The summed E-state index contributed by atoms with van der Waals surface area (Å²) in [5.41, 5.74) is 0. The molecule has 0 amide bonds. The Morgan fingerprint density at radius 2 is 1.10 bits per heavy atom. The SMILES string of the molecule is O=C=NC(F)C(F)(F)C(F)(F)C(F)(F)C(F)(F)C(F)(F)F. The van der Waals surface area contributed by atoms with Crippen molar-refractivity contribution in [3.8, 4) is 0 Å². The Morgan fingerprint density at radius 1 is 0.714 bits per heavy atom. The minimum Gasteiger partial charge on any atom is -0.214 e. The molecule has 1 atom stereocenters. The Labute approximate surface area is 106 Å². The van der Waals surface area contributed by atoms with Gasteiger partial charge < -0.3 is 0 Å². The maximum Gasteiger partial charge on any atom is 0.460 e. The van der Waals surface area contributed by atoms with Crippen LogP contribution < -0.4 is 0 Å². The molecule has 1 unspecified atom stereocenters. The van der Waals surface area contributed by atoms with Crippen LogP contribution in [0.1, 0.15) is 0 Å². The molecule has 0 bridgehead atoms. The maximum atomic E-state index is 12.7. The number of halogens is 12. The molecule has 0 aliphatic carbocycles. The highest BCUT2D eigenvalue weighted by atomic mass is 19.4. The van der Waals surface area contributed by atoms with Crippen molar-refractivity contribution in [1.29, 1.82) is 0 Å². The second kappa shape index (κ2) is 5.07. The third kappa shape index (κ3) is 2.68. The zero-order valence-electron chi connectivity index (χ0n) is 8.97. The zero-order valence-corrected chi connectivity index (χ0v) is 8.97. The van der Waals surface area contributed by atoms with Crippen molar-refractivity contribution in [2.45, 2.75) is 36.2 Å². The van der Waals surface area contributed by atoms with Crippen molar-refractivity contribution in [3.05, 3.63) is 0 Å². The van der Waals surface area contributed by atoms with Crippen LogP contribution in [0.3, 0.4) is 0 Å². The van der Waals surface area contributed by atoms with Gasteiger partial charge in [-0.2, -0.15) is 53.3 Å². The molecule has 0 aromatic rings. The number of hydrogen-bond acceptors (Lipinski definition) is 2. The molecule has 2 nitrogen and oxygen atoms in total. The van der Waals surface area contributed by atoms with Crippen molar-refractivity contribution < 1.29 is 57.5 Å². The van der Waals surface area contributed by atoms with Crippen LogP contribution in [0, 0.1) is 0 Å². The maximum absolute atomic E-state index is 12.7. The van der Waals surface area contributed by atoms with Crippen LogP contribution in [-0.4, -0.2) is 42.2 Å². The number of carbonyl (C=O) groups excluding carboxylic acids is 1. The number of isocyanates is 1. The smallest absolute Gasteiger partial charge is 0.214 e. The van der Waals surface area contributed by atoms with E-state index in [-0.39, 0.29) is 6.08 Å². The molecular weight excluding hydrogens is 342 g/mol. The molecule has 0 fully saturated rings. The molecule has 0 aromatic heterocycles. The lowest BCUT2D eigenvalue weighted by atomic mass is 9.97. The lowest BCUT2D eigenvalue weighted by molar-refractivity contribution is -0.426. The number of aliphatic imine (C=N–C) groups is 1. The van der Waals surface area contributed by atoms with Crippen molar-refractivity contribution in [2.75, 3.05) is 0 Å². The van der Waals surface area contributed by atoms with Gasteiger partial charge in [0.15, 0.2) is 0 Å². The monoisotopic (exact) mass is 343 g/mol. The zero-order chi connectivity index (χ0) is 17.5. The topological polar surface area (TPSA) is 29.4 Å². The fourth-order valence-electron chi connectivity index (χ4n) is 0.861. The van der Waals surface area contributed by atoms with E-state index in [1.54, 1.807) is 0 Å². The fourth-order valence-corrected chi connectivity index (χ4v) is 0.861. The first-order valence-electron chi connectivity index (χ1n) is 4.27. The summed E-state index contributed by atoms with van der Waals surface area (Å²) in [7, 11) is 0. The lowest BCUT2D eigenvalue weighted by Gasteiger charge is -2.37. The van der Waals surface area contributed by atoms with E-state index in [0.717, 1.165) is 0 Å². The molecule has 0 aliphatic rings. The highest BCUT2D eigenvalue weighted by Crippen LogP contribution is 2.58. The van der Waals surface area contributed by atoms with Crippen LogP contribution in [-0.2, 0) is 4.79 Å². The van der Waals surface area contributed by atoms with Crippen molar-refractivity contribution in [1.82, 2.24) is 0 Å². The molecule has 0 aromatic carbocycles. The molecule has 14 heteroatoms. The standard InChI is InChI=1S/C7HF12NO/c8-2(20-1-21)3(9,10)4(11,12)5(13,14)6(15,16)7(17,18)19/h2H. The minimum atomic E-state index is -7.73. The Hall–Kier alpha value is -1.46. The van der Waals surface area contributed by atoms with Crippen LogP contribution in [0.2, 0.25) is 0 Å². The molecular formula is C7HF12NO. The van der Waals surface area contributed by atoms with E-state index in [2.05, 4.69) is 0 Å². The van der Waals surface area contributed by atoms with Gasteiger partial charge in [0, 0.05) is 0 Å². The van der Waals surface area contributed by atoms with Crippen LogP contribution in [0.25, 0.3) is 0 Å². The van der Waals surface area contributed by atoms with Crippen molar-refractivity contribution in [3.63, 3.8) is 0 Å². The summed E-state index contributed by atoms with van der Waals surface area (Å²) in [6.07, 6.45) is -12.3. The number of nitrogens with zero attached hydrogens (tertiary/aromatic N) is 1. The third-order valence-electron chi connectivity index (χ3n) is 2.03. The van der Waals surface area contributed by atoms with Crippen molar-refractivity contribution >= 4 is 6.08 Å². The van der Waals surface area contributed by atoms with Crippen LogP contribution in [0.4, 0.5) is 52.7 Å². The normalized spacial score (nSPS) is 16.4. The molecule has 0 spiro atoms. The van der Waals surface area contributed by atoms with Gasteiger partial charge in [-0.15, -0.1) is 0 Å². The Bertz CT molecular complexity index is 433. The van der Waals surface area contributed by atoms with Gasteiger partial charge in [0.25, 0.3) is 6.30 Å². The van der Waals surface area contributed by atoms with Gasteiger partial charge in [-0.1, -0.05) is 0 Å². The second-order valence-electron chi connectivity index (χ2n) is 3.40. The van der Waals surface area contributed by atoms with E-state index in [0.29, 0.717) is 0 Å². The Morgan fingerprint density at radius 3 is 1.38 bits per heavy atom. The predicted molar refractivity (Wildman–Crippen MR) is 38.9 cm³/mol. The minimum absolute atomic E-state index is 0.102. The van der Waals surface area contributed by atoms with E-state index in [1.807, 2.05) is 0 Å². The van der Waals surface area contributed by atoms with E-state index in [4.69, 9.17) is 0 Å². The molecule has 0 radical (unpaired) electrons. The Kier molecular flexibility index (Phi) is 4.72. The van der Waals surface area contributed by atoms with Gasteiger partial charge in [0.2, 0.25) is 6.08 Å². The summed E-state index contributed by atoms with van der Waals surface area (Å²) < 4.78 is 147. The van der Waals surface area contributed by atoms with Gasteiger partial charge in [-0.3, -0.25) is 0 Å². The molecule has 0 saturated carbocycles. The van der Waals surface area contributed by atoms with E-state index in [1.165, 1.54) is 4.99 Å². The highest BCUT2D eigenvalue weighted by molar-refractivity contribution is 5.33.